The Bertz CT molecular complexity index is 347. The van der Waals surface area contributed by atoms with E-state index in [1.54, 1.807) is 0 Å². The molecule has 0 radical (unpaired) electrons. The van der Waals surface area contributed by atoms with Gasteiger partial charge in [0.1, 0.15) is 5.69 Å². The molecule has 1 atom stereocenters. The van der Waals surface area contributed by atoms with Gasteiger partial charge in [0, 0.05) is 6.61 Å². The third kappa shape index (κ3) is 3.83. The monoisotopic (exact) mass is 241 g/mol. The minimum atomic E-state index is -0.352. The van der Waals surface area contributed by atoms with Crippen molar-refractivity contribution in [2.75, 3.05) is 27.4 Å². The van der Waals surface area contributed by atoms with E-state index in [4.69, 9.17) is 19.9 Å². The highest BCUT2D eigenvalue weighted by Crippen LogP contribution is 2.21. The van der Waals surface area contributed by atoms with Gasteiger partial charge in [0.2, 0.25) is 11.8 Å². The van der Waals surface area contributed by atoms with E-state index in [1.165, 1.54) is 20.4 Å². The van der Waals surface area contributed by atoms with Crippen LogP contribution in [-0.4, -0.2) is 37.4 Å². The van der Waals surface area contributed by atoms with Crippen LogP contribution in [0.25, 0.3) is 0 Å². The first-order valence-corrected chi connectivity index (χ1v) is 5.51. The van der Waals surface area contributed by atoms with Gasteiger partial charge in [-0.15, -0.1) is 0 Å². The van der Waals surface area contributed by atoms with Gasteiger partial charge in [0.25, 0.3) is 0 Å². The summed E-state index contributed by atoms with van der Waals surface area (Å²) < 4.78 is 15.5. The lowest BCUT2D eigenvalue weighted by molar-refractivity contribution is 0.119. The lowest BCUT2D eigenvalue weighted by Crippen LogP contribution is -2.20. The van der Waals surface area contributed by atoms with Crippen molar-refractivity contribution in [3.8, 4) is 11.8 Å². The number of rotatable bonds is 7. The molecule has 1 unspecified atom stereocenters. The van der Waals surface area contributed by atoms with Gasteiger partial charge in [-0.3, -0.25) is 0 Å². The molecular weight excluding hydrogens is 222 g/mol. The number of nitrogens with zero attached hydrogens (tertiary/aromatic N) is 2. The standard InChI is InChI=1S/C11H19N3O3/c1-4-5-17-7-8(12)10-11(16-3)14-9(15-2)6-13-10/h6,8H,4-5,7,12H2,1-3H3. The molecule has 1 heterocycles. The fraction of sp³-hybridized carbons (Fsp3) is 0.636. The third-order valence-corrected chi connectivity index (χ3v) is 2.14. The van der Waals surface area contributed by atoms with E-state index in [1.807, 2.05) is 6.92 Å². The van der Waals surface area contributed by atoms with Crippen LogP contribution in [0.2, 0.25) is 0 Å². The summed E-state index contributed by atoms with van der Waals surface area (Å²) in [5.74, 6) is 0.768. The first-order chi connectivity index (χ1) is 8.22. The maximum Gasteiger partial charge on any atom is 0.240 e. The van der Waals surface area contributed by atoms with Crippen molar-refractivity contribution in [2.24, 2.45) is 5.73 Å². The Morgan fingerprint density at radius 3 is 2.71 bits per heavy atom. The van der Waals surface area contributed by atoms with Crippen molar-refractivity contribution in [1.82, 2.24) is 9.97 Å². The molecule has 0 saturated carbocycles. The van der Waals surface area contributed by atoms with Crippen molar-refractivity contribution in [1.29, 1.82) is 0 Å². The van der Waals surface area contributed by atoms with Crippen molar-refractivity contribution in [2.45, 2.75) is 19.4 Å². The number of nitrogens with two attached hydrogens (primary N) is 1. The molecule has 6 heteroatoms. The van der Waals surface area contributed by atoms with E-state index in [-0.39, 0.29) is 6.04 Å². The van der Waals surface area contributed by atoms with Crippen molar-refractivity contribution in [3.63, 3.8) is 0 Å². The van der Waals surface area contributed by atoms with Gasteiger partial charge in [-0.2, -0.15) is 4.98 Å². The lowest BCUT2D eigenvalue weighted by atomic mass is 10.2. The summed E-state index contributed by atoms with van der Waals surface area (Å²) in [7, 11) is 3.04. The molecule has 17 heavy (non-hydrogen) atoms. The fourth-order valence-electron chi connectivity index (χ4n) is 1.30. The van der Waals surface area contributed by atoms with Crippen LogP contribution in [0.1, 0.15) is 25.1 Å². The second-order valence-electron chi connectivity index (χ2n) is 3.49. The maximum absolute atomic E-state index is 5.96. The van der Waals surface area contributed by atoms with E-state index >= 15 is 0 Å². The Morgan fingerprint density at radius 2 is 2.12 bits per heavy atom. The molecule has 0 aliphatic carbocycles. The minimum absolute atomic E-state index is 0.352. The van der Waals surface area contributed by atoms with E-state index in [0.29, 0.717) is 30.7 Å². The van der Waals surface area contributed by atoms with Crippen molar-refractivity contribution >= 4 is 0 Å². The van der Waals surface area contributed by atoms with Crippen LogP contribution in [0.15, 0.2) is 6.20 Å². The van der Waals surface area contributed by atoms with Crippen LogP contribution in [0.4, 0.5) is 0 Å². The Labute approximate surface area is 101 Å². The van der Waals surface area contributed by atoms with Crippen LogP contribution in [0.5, 0.6) is 11.8 Å². The first kappa shape index (κ1) is 13.7. The Morgan fingerprint density at radius 1 is 1.35 bits per heavy atom. The van der Waals surface area contributed by atoms with Gasteiger partial charge in [-0.25, -0.2) is 4.98 Å². The highest BCUT2D eigenvalue weighted by atomic mass is 16.5. The molecule has 0 aromatic carbocycles. The van der Waals surface area contributed by atoms with E-state index < -0.39 is 0 Å². The van der Waals surface area contributed by atoms with Gasteiger partial charge in [0.05, 0.1) is 33.1 Å². The molecule has 0 fully saturated rings. The average molecular weight is 241 g/mol. The van der Waals surface area contributed by atoms with E-state index in [0.717, 1.165) is 6.42 Å². The number of hydrogen-bond donors (Lipinski definition) is 1. The summed E-state index contributed by atoms with van der Waals surface area (Å²) in [5.41, 5.74) is 6.53. The number of aromatic nitrogens is 2. The van der Waals surface area contributed by atoms with Crippen molar-refractivity contribution < 1.29 is 14.2 Å². The molecule has 0 spiro atoms. The van der Waals surface area contributed by atoms with Gasteiger partial charge in [-0.05, 0) is 6.42 Å². The Hall–Kier alpha value is -1.40. The zero-order chi connectivity index (χ0) is 12.7. The summed E-state index contributed by atoms with van der Waals surface area (Å²) in [6.45, 7) is 3.12. The van der Waals surface area contributed by atoms with Crippen LogP contribution >= 0.6 is 0 Å². The fourth-order valence-corrected chi connectivity index (χ4v) is 1.30. The molecule has 2 N–H and O–H groups in total. The van der Waals surface area contributed by atoms with Crippen LogP contribution < -0.4 is 15.2 Å². The molecule has 96 valence electrons. The normalized spacial score (nSPS) is 12.2. The molecule has 1 rings (SSSR count). The van der Waals surface area contributed by atoms with E-state index in [2.05, 4.69) is 9.97 Å². The molecule has 0 aliphatic heterocycles. The highest BCUT2D eigenvalue weighted by Gasteiger charge is 2.16. The summed E-state index contributed by atoms with van der Waals surface area (Å²) in [4.78, 5) is 8.30. The van der Waals surface area contributed by atoms with E-state index in [9.17, 15) is 0 Å². The molecule has 0 saturated heterocycles. The smallest absolute Gasteiger partial charge is 0.240 e. The molecule has 1 aromatic rings. The number of hydrogen-bond acceptors (Lipinski definition) is 6. The minimum Gasteiger partial charge on any atom is -0.480 e. The maximum atomic E-state index is 5.96. The quantitative estimate of drug-likeness (QED) is 0.715. The zero-order valence-corrected chi connectivity index (χ0v) is 10.5. The summed E-state index contributed by atoms with van der Waals surface area (Å²) in [6, 6.07) is -0.352. The molecular formula is C11H19N3O3. The molecule has 0 bridgehead atoms. The molecule has 0 amide bonds. The van der Waals surface area contributed by atoms with Crippen LogP contribution in [0, 0.1) is 0 Å². The summed E-state index contributed by atoms with van der Waals surface area (Å²) in [5, 5.41) is 0. The SMILES string of the molecule is CCCOCC(N)c1ncc(OC)nc1OC. The van der Waals surface area contributed by atoms with Gasteiger partial charge >= 0.3 is 0 Å². The van der Waals surface area contributed by atoms with Gasteiger partial charge in [-0.1, -0.05) is 6.92 Å². The average Bonchev–Trinajstić information content (AvgIpc) is 2.38. The third-order valence-electron chi connectivity index (χ3n) is 2.14. The van der Waals surface area contributed by atoms with Gasteiger partial charge in [0.15, 0.2) is 0 Å². The van der Waals surface area contributed by atoms with Crippen LogP contribution in [0.3, 0.4) is 0 Å². The molecule has 0 aliphatic rings. The first-order valence-electron chi connectivity index (χ1n) is 5.51. The van der Waals surface area contributed by atoms with Crippen molar-refractivity contribution in [3.05, 3.63) is 11.9 Å². The number of ether oxygens (including phenoxy) is 3. The predicted molar refractivity (Wildman–Crippen MR) is 63.2 cm³/mol. The zero-order valence-electron chi connectivity index (χ0n) is 10.5. The Balaban J connectivity index is 2.74. The molecule has 1 aromatic heterocycles. The lowest BCUT2D eigenvalue weighted by Gasteiger charge is -2.14. The second-order valence-corrected chi connectivity index (χ2v) is 3.49. The second kappa shape index (κ2) is 7.03. The van der Waals surface area contributed by atoms with Gasteiger partial charge < -0.3 is 19.9 Å². The number of methoxy groups -OCH3 is 2. The topological polar surface area (TPSA) is 79.5 Å². The largest absolute Gasteiger partial charge is 0.480 e. The molecule has 6 nitrogen and oxygen atoms in total. The Kier molecular flexibility index (Phi) is 5.65. The summed E-state index contributed by atoms with van der Waals surface area (Å²) in [6.07, 6.45) is 2.47. The predicted octanol–water partition coefficient (Wildman–Crippen LogP) is 0.920. The van der Waals surface area contributed by atoms with Crippen LogP contribution in [-0.2, 0) is 4.74 Å². The summed E-state index contributed by atoms with van der Waals surface area (Å²) >= 11 is 0. The highest BCUT2D eigenvalue weighted by molar-refractivity contribution is 5.25.